The molecule has 0 saturated carbocycles. The first-order chi connectivity index (χ1) is 10.8. The van der Waals surface area contributed by atoms with Gasteiger partial charge >= 0.3 is 7.12 Å². The van der Waals surface area contributed by atoms with Gasteiger partial charge in [-0.25, -0.2) is 11.8 Å². The summed E-state index contributed by atoms with van der Waals surface area (Å²) in [6.07, 6.45) is 0. The molecule has 4 N–H and O–H groups in total. The highest BCUT2D eigenvalue weighted by atomic mass is 16.7. The molecular formula is C16H13BN2O3. The van der Waals surface area contributed by atoms with Crippen LogP contribution in [-0.4, -0.2) is 7.12 Å². The van der Waals surface area contributed by atoms with Crippen LogP contribution in [0.1, 0.15) is 0 Å². The molecule has 0 radical (unpaired) electrons. The van der Waals surface area contributed by atoms with E-state index in [9.17, 15) is 0 Å². The second kappa shape index (κ2) is 5.12. The molecule has 0 atom stereocenters. The van der Waals surface area contributed by atoms with Crippen LogP contribution in [0.5, 0.6) is 0 Å². The normalized spacial score (nSPS) is 11.5. The summed E-state index contributed by atoms with van der Waals surface area (Å²) in [7, 11) is -0.844. The van der Waals surface area contributed by atoms with E-state index in [-0.39, 0.29) is 0 Å². The Morgan fingerprint density at radius 3 is 2.14 bits per heavy atom. The van der Waals surface area contributed by atoms with Gasteiger partial charge < -0.3 is 13.9 Å². The van der Waals surface area contributed by atoms with Gasteiger partial charge in [-0.2, -0.15) is 0 Å². The first-order valence-electron chi connectivity index (χ1n) is 6.87. The SMILES string of the molecule is NOB(ON)c1cc2c3ccccc3oc2c2ccccc12. The molecule has 1 heterocycles. The fraction of sp³-hybridized carbons (Fsp3) is 0. The molecule has 0 aliphatic rings. The predicted octanol–water partition coefficient (Wildman–Crippen LogP) is 2.22. The van der Waals surface area contributed by atoms with Crippen LogP contribution in [0.25, 0.3) is 32.7 Å². The number of para-hydroxylation sites is 1. The molecule has 0 aliphatic heterocycles. The highest BCUT2D eigenvalue weighted by Crippen LogP contribution is 2.33. The van der Waals surface area contributed by atoms with Gasteiger partial charge in [0.1, 0.15) is 11.2 Å². The number of nitrogens with two attached hydrogens (primary N) is 2. The van der Waals surface area contributed by atoms with Crippen LogP contribution in [0.3, 0.4) is 0 Å². The van der Waals surface area contributed by atoms with Crippen molar-refractivity contribution in [3.8, 4) is 0 Å². The summed E-state index contributed by atoms with van der Waals surface area (Å²) >= 11 is 0. The topological polar surface area (TPSA) is 83.6 Å². The van der Waals surface area contributed by atoms with Crippen molar-refractivity contribution >= 4 is 45.3 Å². The van der Waals surface area contributed by atoms with E-state index in [1.807, 2.05) is 54.6 Å². The molecule has 4 rings (SSSR count). The maximum Gasteiger partial charge on any atom is 0.528 e. The number of hydrogen-bond donors (Lipinski definition) is 2. The fourth-order valence-corrected chi connectivity index (χ4v) is 2.95. The second-order valence-corrected chi connectivity index (χ2v) is 5.09. The Morgan fingerprint density at radius 1 is 0.773 bits per heavy atom. The smallest absolute Gasteiger partial charge is 0.455 e. The molecule has 0 aliphatic carbocycles. The van der Waals surface area contributed by atoms with Crippen LogP contribution in [0.4, 0.5) is 0 Å². The summed E-state index contributed by atoms with van der Waals surface area (Å²) in [5.74, 6) is 10.6. The number of hydrogen-bond acceptors (Lipinski definition) is 5. The highest BCUT2D eigenvalue weighted by molar-refractivity contribution is 6.65. The van der Waals surface area contributed by atoms with Crippen LogP contribution >= 0.6 is 0 Å². The largest absolute Gasteiger partial charge is 0.528 e. The van der Waals surface area contributed by atoms with Crippen molar-refractivity contribution in [1.82, 2.24) is 0 Å². The Kier molecular flexibility index (Phi) is 3.09. The second-order valence-electron chi connectivity index (χ2n) is 5.09. The van der Waals surface area contributed by atoms with Crippen LogP contribution in [0.15, 0.2) is 59.0 Å². The Labute approximate surface area is 126 Å². The van der Waals surface area contributed by atoms with Gasteiger partial charge in [0.25, 0.3) is 0 Å². The van der Waals surface area contributed by atoms with Crippen molar-refractivity contribution in [1.29, 1.82) is 0 Å². The van der Waals surface area contributed by atoms with Crippen LogP contribution in [-0.2, 0) is 9.51 Å². The molecule has 5 nitrogen and oxygen atoms in total. The zero-order chi connectivity index (χ0) is 15.1. The van der Waals surface area contributed by atoms with Gasteiger partial charge in [0.2, 0.25) is 0 Å². The van der Waals surface area contributed by atoms with Crippen molar-refractivity contribution in [3.63, 3.8) is 0 Å². The van der Waals surface area contributed by atoms with Crippen LogP contribution < -0.4 is 17.3 Å². The van der Waals surface area contributed by atoms with E-state index >= 15 is 0 Å². The third kappa shape index (κ3) is 1.83. The minimum Gasteiger partial charge on any atom is -0.455 e. The zero-order valence-corrected chi connectivity index (χ0v) is 11.7. The Bertz CT molecular complexity index is 979. The molecule has 108 valence electrons. The summed E-state index contributed by atoms with van der Waals surface area (Å²) in [6, 6.07) is 17.7. The van der Waals surface area contributed by atoms with Crippen molar-refractivity contribution in [3.05, 3.63) is 54.6 Å². The van der Waals surface area contributed by atoms with E-state index in [1.165, 1.54) is 0 Å². The van der Waals surface area contributed by atoms with Crippen molar-refractivity contribution in [2.45, 2.75) is 0 Å². The average molecular weight is 292 g/mol. The van der Waals surface area contributed by atoms with E-state index in [4.69, 9.17) is 25.7 Å². The average Bonchev–Trinajstić information content (AvgIpc) is 2.95. The highest BCUT2D eigenvalue weighted by Gasteiger charge is 2.25. The molecule has 0 bridgehead atoms. The lowest BCUT2D eigenvalue weighted by Gasteiger charge is -2.11. The van der Waals surface area contributed by atoms with Gasteiger partial charge in [0.15, 0.2) is 0 Å². The van der Waals surface area contributed by atoms with E-state index in [1.54, 1.807) is 0 Å². The zero-order valence-electron chi connectivity index (χ0n) is 11.7. The molecule has 0 unspecified atom stereocenters. The third-order valence-electron chi connectivity index (χ3n) is 3.92. The van der Waals surface area contributed by atoms with E-state index < -0.39 is 7.12 Å². The number of fused-ring (bicyclic) bond motifs is 5. The molecule has 22 heavy (non-hydrogen) atoms. The van der Waals surface area contributed by atoms with Gasteiger partial charge in [-0.1, -0.05) is 42.5 Å². The third-order valence-corrected chi connectivity index (χ3v) is 3.92. The minimum atomic E-state index is -0.844. The Hall–Kier alpha value is -2.38. The summed E-state index contributed by atoms with van der Waals surface area (Å²) in [4.78, 5) is 0. The maximum atomic E-state index is 6.02. The predicted molar refractivity (Wildman–Crippen MR) is 87.2 cm³/mol. The Balaban J connectivity index is 2.20. The molecule has 3 aromatic carbocycles. The van der Waals surface area contributed by atoms with Gasteiger partial charge in [-0.05, 0) is 23.0 Å². The number of furan rings is 1. The molecule has 0 fully saturated rings. The quantitative estimate of drug-likeness (QED) is 0.447. The number of benzene rings is 3. The van der Waals surface area contributed by atoms with Gasteiger partial charge in [0, 0.05) is 16.2 Å². The maximum absolute atomic E-state index is 6.02. The van der Waals surface area contributed by atoms with Crippen molar-refractivity contribution in [2.75, 3.05) is 0 Å². The lowest BCUT2D eigenvalue weighted by atomic mass is 9.76. The van der Waals surface area contributed by atoms with E-state index in [2.05, 4.69) is 0 Å². The molecular weight excluding hydrogens is 279 g/mol. The van der Waals surface area contributed by atoms with Crippen LogP contribution in [0.2, 0.25) is 0 Å². The van der Waals surface area contributed by atoms with Gasteiger partial charge in [-0.15, -0.1) is 0 Å². The van der Waals surface area contributed by atoms with Crippen molar-refractivity contribution in [2.24, 2.45) is 11.8 Å². The van der Waals surface area contributed by atoms with Gasteiger partial charge in [-0.3, -0.25) is 0 Å². The minimum absolute atomic E-state index is 0.764. The molecule has 0 spiro atoms. The molecule has 0 saturated heterocycles. The van der Waals surface area contributed by atoms with Crippen LogP contribution in [0, 0.1) is 0 Å². The lowest BCUT2D eigenvalue weighted by molar-refractivity contribution is 0.216. The molecule has 0 amide bonds. The monoisotopic (exact) mass is 292 g/mol. The molecule has 1 aromatic heterocycles. The van der Waals surface area contributed by atoms with Crippen molar-refractivity contribution < 1.29 is 13.9 Å². The number of rotatable bonds is 3. The molecule has 6 heteroatoms. The Morgan fingerprint density at radius 2 is 1.41 bits per heavy atom. The van der Waals surface area contributed by atoms with E-state index in [0.717, 1.165) is 38.2 Å². The van der Waals surface area contributed by atoms with Gasteiger partial charge in [0.05, 0.1) is 0 Å². The standard InChI is InChI=1S/C16H13BN2O3/c18-21-17(22-19)14-9-13-11-6-3-4-8-15(11)20-16(13)12-7-2-1-5-10(12)14/h1-9H,18-19H2. The summed E-state index contributed by atoms with van der Waals surface area (Å²) in [6.45, 7) is 0. The summed E-state index contributed by atoms with van der Waals surface area (Å²) in [5, 5.41) is 3.89. The molecule has 4 aromatic rings. The van der Waals surface area contributed by atoms with E-state index in [0.29, 0.717) is 0 Å². The first kappa shape index (κ1) is 13.3. The summed E-state index contributed by atoms with van der Waals surface area (Å²) in [5.41, 5.74) is 2.42. The summed E-state index contributed by atoms with van der Waals surface area (Å²) < 4.78 is 15.7. The lowest BCUT2D eigenvalue weighted by Crippen LogP contribution is -2.41. The first-order valence-corrected chi connectivity index (χ1v) is 6.87. The fourth-order valence-electron chi connectivity index (χ4n) is 2.95.